The predicted octanol–water partition coefficient (Wildman–Crippen LogP) is 4.95. The van der Waals surface area contributed by atoms with Gasteiger partial charge in [0.2, 0.25) is 0 Å². The van der Waals surface area contributed by atoms with Crippen LogP contribution in [0.4, 0.5) is 5.69 Å². The summed E-state index contributed by atoms with van der Waals surface area (Å²) in [6, 6.07) is 11.8. The lowest BCUT2D eigenvalue weighted by Crippen LogP contribution is -2.42. The average Bonchev–Trinajstić information content (AvgIpc) is 2.92. The number of carbonyl (C=O) groups is 1. The maximum atomic E-state index is 11.8. The number of ether oxygens (including phenoxy) is 1. The molecule has 0 aliphatic carbocycles. The number of methoxy groups -OCH3 is 1. The van der Waals surface area contributed by atoms with Gasteiger partial charge in [-0.2, -0.15) is 0 Å². The van der Waals surface area contributed by atoms with Crippen LogP contribution in [0.3, 0.4) is 0 Å². The minimum absolute atomic E-state index is 0.323. The maximum Gasteiger partial charge on any atom is 0.335 e. The number of anilines is 1. The molecule has 2 aliphatic heterocycles. The first-order valence-electron chi connectivity index (χ1n) is 14.0. The number of likely N-dealkylation sites (tertiary alicyclic amines) is 2. The van der Waals surface area contributed by atoms with Crippen LogP contribution < -0.4 is 4.90 Å². The molecule has 0 bridgehead atoms. The van der Waals surface area contributed by atoms with E-state index >= 15 is 0 Å². The van der Waals surface area contributed by atoms with Crippen LogP contribution in [0.1, 0.15) is 58.9 Å². The van der Waals surface area contributed by atoms with Gasteiger partial charge in [-0.05, 0) is 101 Å². The van der Waals surface area contributed by atoms with E-state index in [-0.39, 0.29) is 0 Å². The maximum absolute atomic E-state index is 11.8. The van der Waals surface area contributed by atoms with Crippen LogP contribution >= 0.6 is 0 Å². The molecule has 4 rings (SSSR count). The molecule has 1 aromatic heterocycles. The number of aromatic carboxylic acids is 1. The molecule has 0 atom stereocenters. The van der Waals surface area contributed by atoms with Gasteiger partial charge < -0.3 is 19.6 Å². The van der Waals surface area contributed by atoms with Gasteiger partial charge in [0, 0.05) is 55.4 Å². The standard InChI is InChI=1S/C31H44N4O3/c1-23-8-9-28(31(36)37)20-30(23)35(22-26-10-14-33(15-11-26)18-19-38-4)25(3)21-34-16-12-27(13-17-34)29-7-5-6-24(2)32-29/h5-9,20,26-27H,3,10-19,21-22H2,1-2,4H3,(H,36,37). The number of piperidine rings is 2. The summed E-state index contributed by atoms with van der Waals surface area (Å²) in [7, 11) is 1.76. The number of rotatable bonds is 11. The van der Waals surface area contributed by atoms with Gasteiger partial charge in [0.15, 0.2) is 0 Å². The second-order valence-corrected chi connectivity index (χ2v) is 11.0. The SMILES string of the molecule is C=C(CN1CCC(c2cccc(C)n2)CC1)N(CC1CCN(CCOC)CC1)c1cc(C(=O)O)ccc1C. The summed E-state index contributed by atoms with van der Waals surface area (Å²) in [5.41, 5.74) is 5.71. The molecule has 2 aliphatic rings. The van der Waals surface area contributed by atoms with Gasteiger partial charge in [-0.3, -0.25) is 9.88 Å². The van der Waals surface area contributed by atoms with Crippen molar-refractivity contribution in [1.29, 1.82) is 0 Å². The Kier molecular flexibility index (Phi) is 9.94. The van der Waals surface area contributed by atoms with Crippen molar-refractivity contribution < 1.29 is 14.6 Å². The number of aryl methyl sites for hydroxylation is 2. The third-order valence-electron chi connectivity index (χ3n) is 8.21. The number of carboxylic acid groups (broad SMARTS) is 1. The highest BCUT2D eigenvalue weighted by molar-refractivity contribution is 5.89. The van der Waals surface area contributed by atoms with Crippen LogP contribution in [0.15, 0.2) is 48.7 Å². The summed E-state index contributed by atoms with van der Waals surface area (Å²) in [4.78, 5) is 23.8. The lowest BCUT2D eigenvalue weighted by atomic mass is 9.92. The van der Waals surface area contributed by atoms with Gasteiger partial charge in [0.25, 0.3) is 0 Å². The lowest BCUT2D eigenvalue weighted by molar-refractivity contribution is 0.0697. The summed E-state index contributed by atoms with van der Waals surface area (Å²) in [5.74, 6) is 0.153. The summed E-state index contributed by atoms with van der Waals surface area (Å²) in [5, 5.41) is 9.67. The fourth-order valence-corrected chi connectivity index (χ4v) is 5.82. The van der Waals surface area contributed by atoms with Gasteiger partial charge in [0.1, 0.15) is 0 Å². The quantitative estimate of drug-likeness (QED) is 0.449. The summed E-state index contributed by atoms with van der Waals surface area (Å²) in [6.07, 6.45) is 4.44. The first kappa shape index (κ1) is 28.3. The highest BCUT2D eigenvalue weighted by Crippen LogP contribution is 2.31. The Morgan fingerprint density at radius 2 is 1.79 bits per heavy atom. The van der Waals surface area contributed by atoms with Crippen molar-refractivity contribution >= 4 is 11.7 Å². The third kappa shape index (κ3) is 7.43. The Morgan fingerprint density at radius 3 is 2.45 bits per heavy atom. The van der Waals surface area contributed by atoms with E-state index in [9.17, 15) is 9.90 Å². The molecule has 0 unspecified atom stereocenters. The number of carboxylic acids is 1. The highest BCUT2D eigenvalue weighted by Gasteiger charge is 2.27. The summed E-state index contributed by atoms with van der Waals surface area (Å²) >= 11 is 0. The largest absolute Gasteiger partial charge is 0.478 e. The molecule has 2 fully saturated rings. The van der Waals surface area contributed by atoms with Gasteiger partial charge >= 0.3 is 5.97 Å². The summed E-state index contributed by atoms with van der Waals surface area (Å²) in [6.45, 7) is 16.2. The molecular weight excluding hydrogens is 476 g/mol. The molecule has 206 valence electrons. The average molecular weight is 521 g/mol. The predicted molar refractivity (Wildman–Crippen MR) is 153 cm³/mol. The molecule has 0 spiro atoms. The number of hydrogen-bond donors (Lipinski definition) is 1. The van der Waals surface area contributed by atoms with E-state index in [2.05, 4.69) is 53.3 Å². The molecule has 0 saturated carbocycles. The molecule has 1 N–H and O–H groups in total. The van der Waals surface area contributed by atoms with Gasteiger partial charge in [-0.25, -0.2) is 4.79 Å². The van der Waals surface area contributed by atoms with E-state index < -0.39 is 5.97 Å². The first-order valence-corrected chi connectivity index (χ1v) is 14.0. The molecule has 3 heterocycles. The molecule has 7 heteroatoms. The monoisotopic (exact) mass is 520 g/mol. The Bertz CT molecular complexity index is 1090. The fourth-order valence-electron chi connectivity index (χ4n) is 5.82. The lowest BCUT2D eigenvalue weighted by Gasteiger charge is -2.39. The van der Waals surface area contributed by atoms with Gasteiger partial charge in [-0.15, -0.1) is 0 Å². The van der Waals surface area contributed by atoms with E-state index in [0.29, 0.717) is 17.4 Å². The van der Waals surface area contributed by atoms with E-state index in [4.69, 9.17) is 9.72 Å². The van der Waals surface area contributed by atoms with Crippen LogP contribution in [0.2, 0.25) is 0 Å². The minimum Gasteiger partial charge on any atom is -0.478 e. The van der Waals surface area contributed by atoms with Crippen LogP contribution in [-0.4, -0.2) is 85.4 Å². The number of nitrogens with zero attached hydrogens (tertiary/aromatic N) is 4. The van der Waals surface area contributed by atoms with E-state index in [1.54, 1.807) is 13.2 Å². The Hall–Kier alpha value is -2.74. The van der Waals surface area contributed by atoms with E-state index in [0.717, 1.165) is 101 Å². The van der Waals surface area contributed by atoms with Crippen LogP contribution in [0.5, 0.6) is 0 Å². The van der Waals surface area contributed by atoms with E-state index in [1.807, 2.05) is 12.1 Å². The molecule has 2 saturated heterocycles. The Balaban J connectivity index is 1.44. The van der Waals surface area contributed by atoms with Crippen LogP contribution in [0, 0.1) is 19.8 Å². The highest BCUT2D eigenvalue weighted by atomic mass is 16.5. The van der Waals surface area contributed by atoms with Crippen molar-refractivity contribution in [1.82, 2.24) is 14.8 Å². The molecule has 1 aromatic carbocycles. The van der Waals surface area contributed by atoms with Crippen molar-refractivity contribution in [3.8, 4) is 0 Å². The topological polar surface area (TPSA) is 69.1 Å². The number of hydrogen-bond acceptors (Lipinski definition) is 6. The molecule has 2 aromatic rings. The van der Waals surface area contributed by atoms with Crippen molar-refractivity contribution in [3.63, 3.8) is 0 Å². The second kappa shape index (κ2) is 13.4. The minimum atomic E-state index is -0.893. The van der Waals surface area contributed by atoms with Gasteiger partial charge in [-0.1, -0.05) is 18.7 Å². The Labute approximate surface area is 228 Å². The summed E-state index contributed by atoms with van der Waals surface area (Å²) < 4.78 is 5.26. The third-order valence-corrected chi connectivity index (χ3v) is 8.21. The van der Waals surface area contributed by atoms with Crippen LogP contribution in [0.25, 0.3) is 0 Å². The first-order chi connectivity index (χ1) is 18.3. The fraction of sp³-hybridized carbons (Fsp3) is 0.548. The zero-order valence-corrected chi connectivity index (χ0v) is 23.4. The number of aromatic nitrogens is 1. The molecule has 7 nitrogen and oxygen atoms in total. The second-order valence-electron chi connectivity index (χ2n) is 11.0. The van der Waals surface area contributed by atoms with Crippen molar-refractivity contribution in [2.45, 2.75) is 45.4 Å². The molecule has 38 heavy (non-hydrogen) atoms. The molecule has 0 amide bonds. The van der Waals surface area contributed by atoms with Crippen molar-refractivity contribution in [2.75, 3.05) is 64.4 Å². The zero-order valence-electron chi connectivity index (χ0n) is 23.4. The molecule has 0 radical (unpaired) electrons. The molecular formula is C31H44N4O3. The van der Waals surface area contributed by atoms with E-state index in [1.165, 1.54) is 5.69 Å². The van der Waals surface area contributed by atoms with Crippen LogP contribution in [-0.2, 0) is 4.74 Å². The van der Waals surface area contributed by atoms with Crippen molar-refractivity contribution in [2.24, 2.45) is 5.92 Å². The number of benzene rings is 1. The van der Waals surface area contributed by atoms with Gasteiger partial charge in [0.05, 0.1) is 12.2 Å². The number of pyridine rings is 1. The normalized spacial score (nSPS) is 18.0. The smallest absolute Gasteiger partial charge is 0.335 e. The zero-order chi connectivity index (χ0) is 27.1. The Morgan fingerprint density at radius 1 is 1.08 bits per heavy atom. The van der Waals surface area contributed by atoms with Crippen molar-refractivity contribution in [3.05, 3.63) is 71.2 Å².